The number of nitrogens with zero attached hydrogens (tertiary/aromatic N) is 3. The van der Waals surface area contributed by atoms with E-state index in [0.717, 1.165) is 11.7 Å². The van der Waals surface area contributed by atoms with Gasteiger partial charge in [-0.2, -0.15) is 10.1 Å². The SMILES string of the molecule is CNc1nc(COc2ccc(C)cc2)nn1C. The molecule has 90 valence electrons. The number of rotatable bonds is 4. The largest absolute Gasteiger partial charge is 0.486 e. The van der Waals surface area contributed by atoms with Crippen molar-refractivity contribution in [1.82, 2.24) is 14.8 Å². The molecule has 0 aliphatic carbocycles. The highest BCUT2D eigenvalue weighted by Gasteiger charge is 2.05. The molecule has 1 heterocycles. The van der Waals surface area contributed by atoms with E-state index in [1.807, 2.05) is 45.3 Å². The minimum absolute atomic E-state index is 0.374. The Hall–Kier alpha value is -2.04. The summed E-state index contributed by atoms with van der Waals surface area (Å²) in [5.74, 6) is 2.22. The summed E-state index contributed by atoms with van der Waals surface area (Å²) in [4.78, 5) is 4.28. The molecule has 1 aromatic carbocycles. The molecule has 5 heteroatoms. The normalized spacial score (nSPS) is 10.3. The highest BCUT2D eigenvalue weighted by atomic mass is 16.5. The monoisotopic (exact) mass is 232 g/mol. The van der Waals surface area contributed by atoms with E-state index in [0.29, 0.717) is 12.4 Å². The molecule has 0 radical (unpaired) electrons. The lowest BCUT2D eigenvalue weighted by molar-refractivity contribution is 0.295. The van der Waals surface area contributed by atoms with E-state index in [9.17, 15) is 0 Å². The van der Waals surface area contributed by atoms with Crippen molar-refractivity contribution >= 4 is 5.95 Å². The summed E-state index contributed by atoms with van der Waals surface area (Å²) in [6.45, 7) is 2.42. The van der Waals surface area contributed by atoms with Gasteiger partial charge in [-0.05, 0) is 19.1 Å². The molecule has 1 aromatic heterocycles. The Morgan fingerprint density at radius 2 is 2.00 bits per heavy atom. The van der Waals surface area contributed by atoms with E-state index in [1.54, 1.807) is 4.68 Å². The van der Waals surface area contributed by atoms with E-state index < -0.39 is 0 Å². The summed E-state index contributed by atoms with van der Waals surface area (Å²) >= 11 is 0. The average Bonchev–Trinajstić information content (AvgIpc) is 2.69. The third-order valence-electron chi connectivity index (χ3n) is 2.42. The van der Waals surface area contributed by atoms with Crippen molar-refractivity contribution in [2.24, 2.45) is 7.05 Å². The Kier molecular flexibility index (Phi) is 3.27. The van der Waals surface area contributed by atoms with Gasteiger partial charge in [0.2, 0.25) is 5.95 Å². The van der Waals surface area contributed by atoms with Gasteiger partial charge in [-0.25, -0.2) is 4.68 Å². The molecule has 5 nitrogen and oxygen atoms in total. The summed E-state index contributed by atoms with van der Waals surface area (Å²) in [7, 11) is 3.66. The molecule has 17 heavy (non-hydrogen) atoms. The molecule has 0 aliphatic rings. The van der Waals surface area contributed by atoms with Gasteiger partial charge in [-0.15, -0.1) is 0 Å². The summed E-state index contributed by atoms with van der Waals surface area (Å²) in [6, 6.07) is 7.91. The molecule has 0 bridgehead atoms. The Bertz CT molecular complexity index is 490. The van der Waals surface area contributed by atoms with Gasteiger partial charge >= 0.3 is 0 Å². The van der Waals surface area contributed by atoms with Crippen LogP contribution in [0, 0.1) is 6.92 Å². The van der Waals surface area contributed by atoms with Crippen LogP contribution >= 0.6 is 0 Å². The van der Waals surface area contributed by atoms with Crippen LogP contribution in [-0.2, 0) is 13.7 Å². The van der Waals surface area contributed by atoms with Crippen LogP contribution in [0.15, 0.2) is 24.3 Å². The first-order valence-electron chi connectivity index (χ1n) is 5.46. The van der Waals surface area contributed by atoms with Crippen molar-refractivity contribution in [2.45, 2.75) is 13.5 Å². The van der Waals surface area contributed by atoms with Crippen molar-refractivity contribution in [3.05, 3.63) is 35.7 Å². The second-order valence-corrected chi connectivity index (χ2v) is 3.83. The second kappa shape index (κ2) is 4.86. The van der Waals surface area contributed by atoms with Gasteiger partial charge in [0.1, 0.15) is 12.4 Å². The van der Waals surface area contributed by atoms with Crippen molar-refractivity contribution in [1.29, 1.82) is 0 Å². The topological polar surface area (TPSA) is 52.0 Å². The minimum atomic E-state index is 0.374. The molecule has 2 aromatic rings. The van der Waals surface area contributed by atoms with Crippen LogP contribution in [0.2, 0.25) is 0 Å². The van der Waals surface area contributed by atoms with Gasteiger partial charge in [0.15, 0.2) is 5.82 Å². The van der Waals surface area contributed by atoms with E-state index in [4.69, 9.17) is 4.74 Å². The molecular weight excluding hydrogens is 216 g/mol. The number of anilines is 1. The maximum Gasteiger partial charge on any atom is 0.220 e. The summed E-state index contributed by atoms with van der Waals surface area (Å²) in [5.41, 5.74) is 1.21. The molecule has 0 atom stereocenters. The first-order chi connectivity index (χ1) is 8.19. The molecule has 0 saturated carbocycles. The number of nitrogens with one attached hydrogen (secondary N) is 1. The van der Waals surface area contributed by atoms with Crippen LogP contribution in [0.25, 0.3) is 0 Å². The van der Waals surface area contributed by atoms with Gasteiger partial charge in [-0.3, -0.25) is 0 Å². The second-order valence-electron chi connectivity index (χ2n) is 3.83. The Labute approximate surface area is 100 Å². The lowest BCUT2D eigenvalue weighted by atomic mass is 10.2. The first kappa shape index (κ1) is 11.4. The lowest BCUT2D eigenvalue weighted by Crippen LogP contribution is -1.99. The molecule has 0 saturated heterocycles. The van der Waals surface area contributed by atoms with E-state index in [2.05, 4.69) is 15.4 Å². The summed E-state index contributed by atoms with van der Waals surface area (Å²) in [6.07, 6.45) is 0. The standard InChI is InChI=1S/C12H16N4O/c1-9-4-6-10(7-5-9)17-8-11-14-12(13-2)16(3)15-11/h4-7H,8H2,1-3H3,(H,13,14,15). The molecule has 0 unspecified atom stereocenters. The number of benzene rings is 1. The zero-order valence-electron chi connectivity index (χ0n) is 10.3. The maximum atomic E-state index is 5.59. The van der Waals surface area contributed by atoms with E-state index >= 15 is 0 Å². The number of aromatic nitrogens is 3. The molecule has 0 aliphatic heterocycles. The molecule has 0 fully saturated rings. The lowest BCUT2D eigenvalue weighted by Gasteiger charge is -2.03. The third-order valence-corrected chi connectivity index (χ3v) is 2.42. The van der Waals surface area contributed by atoms with Gasteiger partial charge in [-0.1, -0.05) is 17.7 Å². The first-order valence-corrected chi connectivity index (χ1v) is 5.46. The van der Waals surface area contributed by atoms with Crippen molar-refractivity contribution in [3.63, 3.8) is 0 Å². The highest BCUT2D eigenvalue weighted by molar-refractivity contribution is 5.27. The number of hydrogen-bond donors (Lipinski definition) is 1. The fraction of sp³-hybridized carbons (Fsp3) is 0.333. The van der Waals surface area contributed by atoms with Gasteiger partial charge in [0.25, 0.3) is 0 Å². The zero-order chi connectivity index (χ0) is 12.3. The predicted octanol–water partition coefficient (Wildman–Crippen LogP) is 1.74. The van der Waals surface area contributed by atoms with Gasteiger partial charge in [0, 0.05) is 14.1 Å². The quantitative estimate of drug-likeness (QED) is 0.872. The Morgan fingerprint density at radius 1 is 1.29 bits per heavy atom. The number of hydrogen-bond acceptors (Lipinski definition) is 4. The van der Waals surface area contributed by atoms with Crippen LogP contribution < -0.4 is 10.1 Å². The van der Waals surface area contributed by atoms with Gasteiger partial charge in [0.05, 0.1) is 0 Å². The van der Waals surface area contributed by atoms with Crippen molar-refractivity contribution in [2.75, 3.05) is 12.4 Å². The smallest absolute Gasteiger partial charge is 0.220 e. The summed E-state index contributed by atoms with van der Waals surface area (Å²) < 4.78 is 7.28. The van der Waals surface area contributed by atoms with Crippen LogP contribution in [0.1, 0.15) is 11.4 Å². The third kappa shape index (κ3) is 2.75. The maximum absolute atomic E-state index is 5.59. The van der Waals surface area contributed by atoms with Crippen LogP contribution in [0.4, 0.5) is 5.95 Å². The van der Waals surface area contributed by atoms with Crippen LogP contribution in [-0.4, -0.2) is 21.8 Å². The highest BCUT2D eigenvalue weighted by Crippen LogP contribution is 2.13. The van der Waals surface area contributed by atoms with Crippen LogP contribution in [0.5, 0.6) is 5.75 Å². The zero-order valence-corrected chi connectivity index (χ0v) is 10.3. The van der Waals surface area contributed by atoms with Crippen molar-refractivity contribution in [3.8, 4) is 5.75 Å². The fourth-order valence-electron chi connectivity index (χ4n) is 1.50. The van der Waals surface area contributed by atoms with E-state index in [-0.39, 0.29) is 0 Å². The molecule has 0 spiro atoms. The van der Waals surface area contributed by atoms with Crippen molar-refractivity contribution < 1.29 is 4.74 Å². The van der Waals surface area contributed by atoms with E-state index in [1.165, 1.54) is 5.56 Å². The molecule has 0 amide bonds. The average molecular weight is 232 g/mol. The van der Waals surface area contributed by atoms with Crippen LogP contribution in [0.3, 0.4) is 0 Å². The molecular formula is C12H16N4O. The minimum Gasteiger partial charge on any atom is -0.486 e. The molecule has 2 rings (SSSR count). The Morgan fingerprint density at radius 3 is 2.59 bits per heavy atom. The predicted molar refractivity (Wildman–Crippen MR) is 66.1 cm³/mol. The fourth-order valence-corrected chi connectivity index (χ4v) is 1.50. The number of aryl methyl sites for hydroxylation is 2. The van der Waals surface area contributed by atoms with Gasteiger partial charge < -0.3 is 10.1 Å². The Balaban J connectivity index is 1.99. The summed E-state index contributed by atoms with van der Waals surface area (Å²) in [5, 5.41) is 7.19. The number of ether oxygens (including phenoxy) is 1. The molecule has 1 N–H and O–H groups in total.